The van der Waals surface area contributed by atoms with E-state index in [4.69, 9.17) is 11.6 Å². The molecule has 3 aromatic carbocycles. The Hall–Kier alpha value is -5.47. The maximum Gasteiger partial charge on any atom is 0.335 e. The van der Waals surface area contributed by atoms with Crippen molar-refractivity contribution in [2.24, 2.45) is 0 Å². The average Bonchev–Trinajstić information content (AvgIpc) is 3.60. The van der Waals surface area contributed by atoms with Crippen LogP contribution in [-0.4, -0.2) is 92.0 Å². The molecule has 3 heterocycles. The quantitative estimate of drug-likeness (QED) is 0.285. The SMILES string of the molecule is CN1CCN(c2cccc3c2CCN(C(=O)C=Cc2c(-n4cnnn4)ccc(Cl)c2F)C3C(=O)Nc2ccc(C(=O)O)cc2)C(=O)C1. The number of carboxylic acid groups (broad SMARTS) is 1. The second-order valence-corrected chi connectivity index (χ2v) is 11.5. The molecule has 240 valence electrons. The van der Waals surface area contributed by atoms with Crippen molar-refractivity contribution in [3.8, 4) is 5.69 Å². The third kappa shape index (κ3) is 6.33. The van der Waals surface area contributed by atoms with Crippen LogP contribution in [0.4, 0.5) is 15.8 Å². The third-order valence-electron chi connectivity index (χ3n) is 8.13. The highest BCUT2D eigenvalue weighted by Gasteiger charge is 2.38. The van der Waals surface area contributed by atoms with Gasteiger partial charge in [-0.2, -0.15) is 4.68 Å². The molecule has 0 radical (unpaired) electrons. The van der Waals surface area contributed by atoms with Crippen LogP contribution >= 0.6 is 11.6 Å². The topological polar surface area (TPSA) is 154 Å². The van der Waals surface area contributed by atoms with Gasteiger partial charge in [-0.1, -0.05) is 23.7 Å². The second kappa shape index (κ2) is 13.1. The van der Waals surface area contributed by atoms with Crippen LogP contribution in [0.25, 0.3) is 11.8 Å². The molecule has 2 aliphatic rings. The first-order valence-corrected chi connectivity index (χ1v) is 14.9. The van der Waals surface area contributed by atoms with Crippen LogP contribution in [0, 0.1) is 5.82 Å². The van der Waals surface area contributed by atoms with Crippen LogP contribution in [0.3, 0.4) is 0 Å². The zero-order valence-corrected chi connectivity index (χ0v) is 25.8. The number of likely N-dealkylation sites (N-methyl/N-ethyl adjacent to an activating group) is 1. The Labute approximate surface area is 272 Å². The van der Waals surface area contributed by atoms with Crippen LogP contribution in [0.15, 0.2) is 67.0 Å². The maximum atomic E-state index is 15.2. The summed E-state index contributed by atoms with van der Waals surface area (Å²) in [6.45, 7) is 1.51. The van der Waals surface area contributed by atoms with Crippen molar-refractivity contribution in [2.45, 2.75) is 12.5 Å². The largest absolute Gasteiger partial charge is 0.478 e. The minimum Gasteiger partial charge on any atom is -0.478 e. The number of hydrogen-bond donors (Lipinski definition) is 2. The molecule has 4 aromatic rings. The number of halogens is 2. The first-order chi connectivity index (χ1) is 22.6. The van der Waals surface area contributed by atoms with Crippen LogP contribution in [0.5, 0.6) is 0 Å². The van der Waals surface area contributed by atoms with Gasteiger partial charge in [-0.15, -0.1) is 5.10 Å². The van der Waals surface area contributed by atoms with Crippen LogP contribution in [0.1, 0.15) is 33.1 Å². The number of fused-ring (bicyclic) bond motifs is 1. The molecule has 0 bridgehead atoms. The molecule has 0 saturated carbocycles. The Balaban J connectivity index is 1.37. The van der Waals surface area contributed by atoms with E-state index >= 15 is 4.39 Å². The number of aromatic nitrogens is 4. The van der Waals surface area contributed by atoms with E-state index in [-0.39, 0.29) is 40.8 Å². The molecule has 0 aliphatic carbocycles. The van der Waals surface area contributed by atoms with Gasteiger partial charge in [0.15, 0.2) is 5.82 Å². The van der Waals surface area contributed by atoms with Crippen LogP contribution in [-0.2, 0) is 20.8 Å². The summed E-state index contributed by atoms with van der Waals surface area (Å²) in [5, 5.41) is 22.9. The number of nitrogens with one attached hydrogen (secondary N) is 1. The summed E-state index contributed by atoms with van der Waals surface area (Å²) in [6.07, 6.45) is 4.04. The molecule has 1 unspecified atom stereocenters. The van der Waals surface area contributed by atoms with Gasteiger partial charge in [-0.3, -0.25) is 19.3 Å². The van der Waals surface area contributed by atoms with Crippen LogP contribution in [0.2, 0.25) is 5.02 Å². The van der Waals surface area contributed by atoms with Gasteiger partial charge in [0.1, 0.15) is 12.4 Å². The van der Waals surface area contributed by atoms with E-state index in [1.807, 2.05) is 18.0 Å². The normalized spacial score (nSPS) is 16.7. The number of amides is 3. The van der Waals surface area contributed by atoms with Crippen molar-refractivity contribution in [3.05, 3.63) is 100 Å². The fourth-order valence-corrected chi connectivity index (χ4v) is 5.98. The van der Waals surface area contributed by atoms with Crippen molar-refractivity contribution in [1.29, 1.82) is 0 Å². The smallest absolute Gasteiger partial charge is 0.335 e. The summed E-state index contributed by atoms with van der Waals surface area (Å²) in [4.78, 5) is 57.2. The molecule has 1 aromatic heterocycles. The lowest BCUT2D eigenvalue weighted by Crippen LogP contribution is -2.50. The summed E-state index contributed by atoms with van der Waals surface area (Å²) < 4.78 is 16.5. The number of hydrogen-bond acceptors (Lipinski definition) is 8. The van der Waals surface area contributed by atoms with E-state index in [0.717, 1.165) is 11.6 Å². The number of aromatic carboxylic acids is 1. The number of carboxylic acids is 1. The third-order valence-corrected chi connectivity index (χ3v) is 8.42. The molecule has 0 spiro atoms. The molecule has 3 amide bonds. The van der Waals surface area contributed by atoms with Crippen molar-refractivity contribution in [2.75, 3.05) is 43.4 Å². The van der Waals surface area contributed by atoms with E-state index in [1.165, 1.54) is 58.4 Å². The molecule has 2 N–H and O–H groups in total. The molecule has 15 heteroatoms. The number of carbonyl (C=O) groups excluding carboxylic acids is 3. The zero-order chi connectivity index (χ0) is 33.2. The monoisotopic (exact) mass is 658 g/mol. The molecular weight excluding hydrogens is 631 g/mol. The lowest BCUT2D eigenvalue weighted by Gasteiger charge is -2.39. The average molecular weight is 659 g/mol. The summed E-state index contributed by atoms with van der Waals surface area (Å²) in [7, 11) is 1.87. The predicted molar refractivity (Wildman–Crippen MR) is 170 cm³/mol. The Kier molecular flexibility index (Phi) is 8.78. The van der Waals surface area contributed by atoms with Gasteiger partial charge >= 0.3 is 5.97 Å². The summed E-state index contributed by atoms with van der Waals surface area (Å²) in [5.74, 6) is -3.11. The number of carbonyl (C=O) groups is 4. The van der Waals surface area contributed by atoms with E-state index < -0.39 is 29.6 Å². The van der Waals surface area contributed by atoms with Gasteiger partial charge < -0.3 is 20.2 Å². The van der Waals surface area contributed by atoms with Crippen molar-refractivity contribution < 1.29 is 28.7 Å². The molecule has 1 saturated heterocycles. The van der Waals surface area contributed by atoms with Gasteiger partial charge in [0, 0.05) is 42.6 Å². The first kappa shape index (κ1) is 31.5. The molecule has 1 atom stereocenters. The summed E-state index contributed by atoms with van der Waals surface area (Å²) >= 11 is 6.05. The Morgan fingerprint density at radius 2 is 1.83 bits per heavy atom. The minimum absolute atomic E-state index is 0.0362. The van der Waals surface area contributed by atoms with Gasteiger partial charge in [-0.25, -0.2) is 9.18 Å². The van der Waals surface area contributed by atoms with Gasteiger partial charge in [0.25, 0.3) is 5.91 Å². The van der Waals surface area contributed by atoms with E-state index in [2.05, 4.69) is 20.8 Å². The highest BCUT2D eigenvalue weighted by molar-refractivity contribution is 6.31. The van der Waals surface area contributed by atoms with Gasteiger partial charge in [0.05, 0.1) is 22.8 Å². The molecule has 1 fully saturated rings. The highest BCUT2D eigenvalue weighted by atomic mass is 35.5. The van der Waals surface area contributed by atoms with E-state index in [1.54, 1.807) is 17.0 Å². The number of nitrogens with zero attached hydrogens (tertiary/aromatic N) is 7. The van der Waals surface area contributed by atoms with Gasteiger partial charge in [-0.05, 0) is 83.6 Å². The van der Waals surface area contributed by atoms with Crippen molar-refractivity contribution in [3.63, 3.8) is 0 Å². The lowest BCUT2D eigenvalue weighted by molar-refractivity contribution is -0.135. The Bertz CT molecular complexity index is 1900. The number of piperazine rings is 1. The predicted octanol–water partition coefficient (Wildman–Crippen LogP) is 3.21. The number of anilines is 2. The summed E-state index contributed by atoms with van der Waals surface area (Å²) in [5.41, 5.74) is 2.55. The number of rotatable bonds is 7. The summed E-state index contributed by atoms with van der Waals surface area (Å²) in [6, 6.07) is 12.7. The van der Waals surface area contributed by atoms with E-state index in [9.17, 15) is 24.3 Å². The van der Waals surface area contributed by atoms with E-state index in [0.29, 0.717) is 36.4 Å². The fraction of sp³-hybridized carbons (Fsp3) is 0.219. The molecule has 47 heavy (non-hydrogen) atoms. The van der Waals surface area contributed by atoms with Crippen molar-refractivity contribution in [1.82, 2.24) is 30.0 Å². The minimum atomic E-state index is -1.14. The second-order valence-electron chi connectivity index (χ2n) is 11.1. The fourth-order valence-electron chi connectivity index (χ4n) is 5.81. The highest BCUT2D eigenvalue weighted by Crippen LogP contribution is 2.37. The van der Waals surface area contributed by atoms with Crippen molar-refractivity contribution >= 4 is 52.7 Å². The van der Waals surface area contributed by atoms with Crippen LogP contribution < -0.4 is 10.2 Å². The maximum absolute atomic E-state index is 15.2. The molecule has 2 aliphatic heterocycles. The Morgan fingerprint density at radius 1 is 1.04 bits per heavy atom. The lowest BCUT2D eigenvalue weighted by atomic mass is 9.89. The Morgan fingerprint density at radius 3 is 2.53 bits per heavy atom. The first-order valence-electron chi connectivity index (χ1n) is 14.6. The standard InChI is InChI=1S/C32H28ClFN8O5/c1-39-15-16-40(28(44)17-39)25-4-2-3-22-21(25)13-14-41(30(22)31(45)36-20-7-5-19(6-8-20)32(46)47)27(43)12-9-23-26(42-18-35-37-38-42)11-10-24(33)29(23)34/h2-12,18,30H,13-17H2,1H3,(H,36,45)(H,46,47). The van der Waals surface area contributed by atoms with Gasteiger partial charge in [0.2, 0.25) is 11.8 Å². The molecule has 6 rings (SSSR count). The molecular formula is C32H28ClFN8O5. The number of tetrazole rings is 1. The molecule has 13 nitrogen and oxygen atoms in total. The zero-order valence-electron chi connectivity index (χ0n) is 25.0. The number of benzene rings is 3.